The Hall–Kier alpha value is -1.62. The molecule has 21 heavy (non-hydrogen) atoms. The van der Waals surface area contributed by atoms with Gasteiger partial charge in [0.25, 0.3) is 0 Å². The first kappa shape index (κ1) is 14.3. The van der Waals surface area contributed by atoms with Crippen molar-refractivity contribution in [2.45, 2.75) is 39.8 Å². The first-order valence-electron chi connectivity index (χ1n) is 7.75. The van der Waals surface area contributed by atoms with Crippen LogP contribution in [0.5, 0.6) is 0 Å². The average molecular weight is 287 g/mol. The normalized spacial score (nSPS) is 23.6. The Kier molecular flexibility index (Phi) is 3.85. The lowest BCUT2D eigenvalue weighted by Crippen LogP contribution is -2.40. The van der Waals surface area contributed by atoms with Crippen LogP contribution in [-0.2, 0) is 13.6 Å². The summed E-state index contributed by atoms with van der Waals surface area (Å²) in [5.41, 5.74) is 3.83. The monoisotopic (exact) mass is 287 g/mol. The zero-order valence-electron chi connectivity index (χ0n) is 13.5. The van der Waals surface area contributed by atoms with Gasteiger partial charge in [0.1, 0.15) is 0 Å². The van der Waals surface area contributed by atoms with Gasteiger partial charge in [0.05, 0.1) is 12.0 Å². The molecule has 5 heteroatoms. The van der Waals surface area contributed by atoms with Crippen molar-refractivity contribution in [2.75, 3.05) is 13.1 Å². The average Bonchev–Trinajstić information content (AvgIpc) is 3.06. The Morgan fingerprint density at radius 2 is 2.14 bits per heavy atom. The van der Waals surface area contributed by atoms with Gasteiger partial charge in [-0.15, -0.1) is 0 Å². The molecule has 3 heterocycles. The Balaban J connectivity index is 1.75. The molecular weight excluding hydrogens is 262 g/mol. The fourth-order valence-electron chi connectivity index (χ4n) is 3.38. The Labute approximate surface area is 126 Å². The van der Waals surface area contributed by atoms with Gasteiger partial charge in [-0.1, -0.05) is 6.92 Å². The van der Waals surface area contributed by atoms with Crippen LogP contribution in [0.25, 0.3) is 0 Å². The van der Waals surface area contributed by atoms with E-state index in [1.54, 1.807) is 0 Å². The zero-order valence-corrected chi connectivity index (χ0v) is 13.5. The molecule has 114 valence electrons. The molecule has 0 bridgehead atoms. The standard InChI is InChI=1S/C16H25N5/c1-12-5-7-20(10-16(12)21-8-6-17-11-21)9-15-13(2)18-19(4)14(15)3/h6,8,11-12,16H,5,7,9-10H2,1-4H3. The van der Waals surface area contributed by atoms with E-state index in [-0.39, 0.29) is 0 Å². The Bertz CT molecular complexity index is 598. The summed E-state index contributed by atoms with van der Waals surface area (Å²) >= 11 is 0. The molecule has 2 unspecified atom stereocenters. The minimum Gasteiger partial charge on any atom is -0.333 e. The van der Waals surface area contributed by atoms with Crippen molar-refractivity contribution in [3.63, 3.8) is 0 Å². The van der Waals surface area contributed by atoms with E-state index in [4.69, 9.17) is 0 Å². The maximum absolute atomic E-state index is 4.53. The van der Waals surface area contributed by atoms with Gasteiger partial charge < -0.3 is 4.57 Å². The van der Waals surface area contributed by atoms with Crippen molar-refractivity contribution in [2.24, 2.45) is 13.0 Å². The summed E-state index contributed by atoms with van der Waals surface area (Å²) in [4.78, 5) is 6.76. The highest BCUT2D eigenvalue weighted by atomic mass is 15.3. The van der Waals surface area contributed by atoms with Crippen LogP contribution in [0.3, 0.4) is 0 Å². The van der Waals surface area contributed by atoms with E-state index < -0.39 is 0 Å². The maximum Gasteiger partial charge on any atom is 0.0949 e. The third-order valence-corrected chi connectivity index (χ3v) is 4.95. The highest BCUT2D eigenvalue weighted by Crippen LogP contribution is 2.29. The van der Waals surface area contributed by atoms with E-state index in [1.807, 2.05) is 24.3 Å². The number of hydrogen-bond donors (Lipinski definition) is 0. The quantitative estimate of drug-likeness (QED) is 0.869. The van der Waals surface area contributed by atoms with E-state index in [9.17, 15) is 0 Å². The number of rotatable bonds is 3. The number of likely N-dealkylation sites (tertiary alicyclic amines) is 1. The molecule has 2 aromatic heterocycles. The van der Waals surface area contributed by atoms with E-state index in [0.29, 0.717) is 12.0 Å². The molecule has 0 radical (unpaired) electrons. The van der Waals surface area contributed by atoms with E-state index in [1.165, 1.54) is 24.2 Å². The number of imidazole rings is 1. The molecule has 0 spiro atoms. The minimum absolute atomic E-state index is 0.526. The predicted octanol–water partition coefficient (Wildman–Crippen LogP) is 2.32. The largest absolute Gasteiger partial charge is 0.333 e. The van der Waals surface area contributed by atoms with Crippen LogP contribution >= 0.6 is 0 Å². The molecule has 2 aromatic rings. The number of aromatic nitrogens is 4. The first-order chi connectivity index (χ1) is 10.1. The van der Waals surface area contributed by atoms with Gasteiger partial charge in [0.2, 0.25) is 0 Å². The van der Waals surface area contributed by atoms with E-state index in [0.717, 1.165) is 18.8 Å². The molecule has 0 aromatic carbocycles. The van der Waals surface area contributed by atoms with Crippen LogP contribution in [0.4, 0.5) is 0 Å². The topological polar surface area (TPSA) is 38.9 Å². The lowest BCUT2D eigenvalue weighted by atomic mass is 9.93. The van der Waals surface area contributed by atoms with Crippen molar-refractivity contribution < 1.29 is 0 Å². The third kappa shape index (κ3) is 2.75. The molecule has 0 N–H and O–H groups in total. The molecule has 0 amide bonds. The van der Waals surface area contributed by atoms with Gasteiger partial charge in [0.15, 0.2) is 0 Å². The predicted molar refractivity (Wildman–Crippen MR) is 83.0 cm³/mol. The summed E-state index contributed by atoms with van der Waals surface area (Å²) < 4.78 is 4.25. The second kappa shape index (κ2) is 5.64. The van der Waals surface area contributed by atoms with Crippen molar-refractivity contribution in [3.05, 3.63) is 35.7 Å². The Morgan fingerprint density at radius 1 is 1.33 bits per heavy atom. The molecule has 3 rings (SSSR count). The summed E-state index contributed by atoms with van der Waals surface area (Å²) in [5, 5.41) is 4.53. The van der Waals surface area contributed by atoms with Gasteiger partial charge in [-0.25, -0.2) is 4.98 Å². The smallest absolute Gasteiger partial charge is 0.0949 e. The SMILES string of the molecule is Cc1nn(C)c(C)c1CN1CCC(C)C(n2ccnc2)C1. The van der Waals surface area contributed by atoms with Crippen LogP contribution in [0, 0.1) is 19.8 Å². The van der Waals surface area contributed by atoms with Crippen LogP contribution in [0.1, 0.15) is 36.3 Å². The van der Waals surface area contributed by atoms with Crippen LogP contribution < -0.4 is 0 Å². The van der Waals surface area contributed by atoms with Gasteiger partial charge in [-0.3, -0.25) is 9.58 Å². The van der Waals surface area contributed by atoms with Crippen LogP contribution in [-0.4, -0.2) is 37.3 Å². The molecule has 5 nitrogen and oxygen atoms in total. The summed E-state index contributed by atoms with van der Waals surface area (Å²) in [7, 11) is 2.03. The summed E-state index contributed by atoms with van der Waals surface area (Å²) in [6.07, 6.45) is 7.15. The van der Waals surface area contributed by atoms with E-state index in [2.05, 4.69) is 46.5 Å². The fourth-order valence-corrected chi connectivity index (χ4v) is 3.38. The van der Waals surface area contributed by atoms with E-state index >= 15 is 0 Å². The fraction of sp³-hybridized carbons (Fsp3) is 0.625. The molecule has 0 aliphatic carbocycles. The number of aryl methyl sites for hydroxylation is 2. The van der Waals surface area contributed by atoms with Crippen molar-refractivity contribution in [1.82, 2.24) is 24.2 Å². The van der Waals surface area contributed by atoms with Crippen molar-refractivity contribution in [1.29, 1.82) is 0 Å². The molecular formula is C16H25N5. The maximum atomic E-state index is 4.53. The van der Waals surface area contributed by atoms with Crippen LogP contribution in [0.15, 0.2) is 18.7 Å². The van der Waals surface area contributed by atoms with Gasteiger partial charge in [-0.05, 0) is 32.7 Å². The summed E-state index contributed by atoms with van der Waals surface area (Å²) in [6, 6.07) is 0.526. The third-order valence-electron chi connectivity index (χ3n) is 4.95. The second-order valence-corrected chi connectivity index (χ2v) is 6.35. The Morgan fingerprint density at radius 3 is 2.76 bits per heavy atom. The van der Waals surface area contributed by atoms with Gasteiger partial charge in [-0.2, -0.15) is 5.10 Å². The lowest BCUT2D eigenvalue weighted by molar-refractivity contribution is 0.126. The summed E-state index contributed by atoms with van der Waals surface area (Å²) in [5.74, 6) is 0.701. The summed E-state index contributed by atoms with van der Waals surface area (Å²) in [6.45, 7) is 9.88. The molecule has 1 aliphatic rings. The minimum atomic E-state index is 0.526. The number of piperidine rings is 1. The van der Waals surface area contributed by atoms with Gasteiger partial charge in [0, 0.05) is 49.8 Å². The van der Waals surface area contributed by atoms with Gasteiger partial charge >= 0.3 is 0 Å². The first-order valence-corrected chi connectivity index (χ1v) is 7.75. The molecule has 1 saturated heterocycles. The zero-order chi connectivity index (χ0) is 15.0. The highest BCUT2D eigenvalue weighted by Gasteiger charge is 2.28. The lowest BCUT2D eigenvalue weighted by Gasteiger charge is -2.37. The second-order valence-electron chi connectivity index (χ2n) is 6.35. The van der Waals surface area contributed by atoms with Crippen molar-refractivity contribution in [3.8, 4) is 0 Å². The van der Waals surface area contributed by atoms with Crippen LogP contribution in [0.2, 0.25) is 0 Å². The highest BCUT2D eigenvalue weighted by molar-refractivity contribution is 5.24. The molecule has 0 saturated carbocycles. The number of hydrogen-bond acceptors (Lipinski definition) is 3. The molecule has 2 atom stereocenters. The number of nitrogens with zero attached hydrogens (tertiary/aromatic N) is 5. The molecule has 1 aliphatic heterocycles. The molecule has 1 fully saturated rings. The van der Waals surface area contributed by atoms with Crippen molar-refractivity contribution >= 4 is 0 Å².